The first-order valence-corrected chi connectivity index (χ1v) is 10.3. The molecule has 0 spiro atoms. The maximum atomic E-state index is 13.2. The van der Waals surface area contributed by atoms with Crippen LogP contribution in [0.15, 0.2) is 65.6 Å². The van der Waals surface area contributed by atoms with E-state index in [1.165, 1.54) is 17.8 Å². The highest BCUT2D eigenvalue weighted by Crippen LogP contribution is 2.49. The maximum Gasteiger partial charge on any atom is 0.330 e. The Kier molecular flexibility index (Phi) is 5.80. The zero-order valence-electron chi connectivity index (χ0n) is 16.8. The third-order valence-corrected chi connectivity index (χ3v) is 5.87. The minimum Gasteiger partial charge on any atom is -0.457 e. The number of carbonyl (C=O) groups excluding carboxylic acids is 2. The number of benzene rings is 2. The lowest BCUT2D eigenvalue weighted by Crippen LogP contribution is -2.33. The van der Waals surface area contributed by atoms with Crippen molar-refractivity contribution < 1.29 is 14.3 Å². The Morgan fingerprint density at radius 3 is 2.54 bits per heavy atom. The number of allylic oxidation sites excluding steroid dienone is 1. The van der Waals surface area contributed by atoms with Crippen molar-refractivity contribution in [3.05, 3.63) is 77.4 Å². The number of rotatable bonds is 5. The van der Waals surface area contributed by atoms with Crippen molar-refractivity contribution in [1.29, 1.82) is 0 Å². The highest BCUT2D eigenvalue weighted by molar-refractivity contribution is 8.14. The monoisotopic (exact) mass is 394 g/mol. The van der Waals surface area contributed by atoms with Crippen molar-refractivity contribution in [3.63, 3.8) is 0 Å². The summed E-state index contributed by atoms with van der Waals surface area (Å²) < 4.78 is 5.35. The molecule has 0 amide bonds. The van der Waals surface area contributed by atoms with E-state index in [1.807, 2.05) is 70.2 Å². The predicted molar refractivity (Wildman–Crippen MR) is 113 cm³/mol. The lowest BCUT2D eigenvalue weighted by atomic mass is 9.74. The van der Waals surface area contributed by atoms with E-state index in [4.69, 9.17) is 4.74 Å². The molecule has 2 aromatic carbocycles. The smallest absolute Gasteiger partial charge is 0.330 e. The number of hydrogen-bond acceptors (Lipinski definition) is 4. The fourth-order valence-corrected chi connectivity index (χ4v) is 4.64. The van der Waals surface area contributed by atoms with E-state index in [0.717, 1.165) is 21.6 Å². The second-order valence-electron chi connectivity index (χ2n) is 8.27. The van der Waals surface area contributed by atoms with E-state index in [1.54, 1.807) is 6.08 Å². The van der Waals surface area contributed by atoms with Crippen molar-refractivity contribution in [1.82, 2.24) is 0 Å². The van der Waals surface area contributed by atoms with Gasteiger partial charge >= 0.3 is 5.97 Å². The lowest BCUT2D eigenvalue weighted by Gasteiger charge is -2.27. The van der Waals surface area contributed by atoms with Gasteiger partial charge in [-0.1, -0.05) is 65.9 Å². The molecule has 146 valence electrons. The van der Waals surface area contributed by atoms with E-state index < -0.39 is 11.0 Å². The third kappa shape index (κ3) is 4.56. The Labute approximate surface area is 171 Å². The Bertz CT molecular complexity index is 909. The van der Waals surface area contributed by atoms with Crippen molar-refractivity contribution in [3.8, 4) is 0 Å². The van der Waals surface area contributed by atoms with E-state index >= 15 is 0 Å². The topological polar surface area (TPSA) is 43.4 Å². The van der Waals surface area contributed by atoms with Gasteiger partial charge in [0.2, 0.25) is 5.12 Å². The Morgan fingerprint density at radius 2 is 1.86 bits per heavy atom. The zero-order valence-corrected chi connectivity index (χ0v) is 17.6. The molecule has 0 unspecified atom stereocenters. The van der Waals surface area contributed by atoms with Gasteiger partial charge in [0, 0.05) is 11.0 Å². The van der Waals surface area contributed by atoms with Gasteiger partial charge in [0.1, 0.15) is 5.60 Å². The van der Waals surface area contributed by atoms with Crippen LogP contribution >= 0.6 is 11.8 Å². The number of hydrogen-bond donors (Lipinski definition) is 0. The van der Waals surface area contributed by atoms with Gasteiger partial charge in [-0.05, 0) is 57.7 Å². The van der Waals surface area contributed by atoms with Crippen LogP contribution in [0.25, 0.3) is 0 Å². The number of carbonyl (C=O) groups is 2. The minimum absolute atomic E-state index is 0.130. The van der Waals surface area contributed by atoms with Gasteiger partial charge in [0.05, 0.1) is 5.41 Å². The van der Waals surface area contributed by atoms with Crippen molar-refractivity contribution in [2.75, 3.05) is 0 Å². The highest BCUT2D eigenvalue weighted by Gasteiger charge is 2.46. The van der Waals surface area contributed by atoms with E-state index in [9.17, 15) is 9.59 Å². The molecule has 0 bridgehead atoms. The quantitative estimate of drug-likeness (QED) is 0.503. The van der Waals surface area contributed by atoms with Crippen LogP contribution in [0, 0.1) is 6.92 Å². The molecule has 1 heterocycles. The molecule has 4 heteroatoms. The summed E-state index contributed by atoms with van der Waals surface area (Å²) in [6, 6.07) is 16.2. The minimum atomic E-state index is -0.675. The fourth-order valence-electron chi connectivity index (χ4n) is 3.48. The number of aryl methyl sites for hydroxylation is 1. The molecule has 3 rings (SSSR count). The number of ether oxygens (including phenoxy) is 1. The van der Waals surface area contributed by atoms with Gasteiger partial charge in [-0.25, -0.2) is 4.79 Å². The summed E-state index contributed by atoms with van der Waals surface area (Å²) in [5, 5.41) is 0.130. The molecule has 0 aliphatic carbocycles. The summed E-state index contributed by atoms with van der Waals surface area (Å²) in [6.45, 7) is 7.56. The largest absolute Gasteiger partial charge is 0.457 e. The van der Waals surface area contributed by atoms with Gasteiger partial charge < -0.3 is 4.74 Å². The maximum absolute atomic E-state index is 13.2. The lowest BCUT2D eigenvalue weighted by molar-refractivity contribution is -0.148. The van der Waals surface area contributed by atoms with Gasteiger partial charge in [-0.2, -0.15) is 0 Å². The van der Waals surface area contributed by atoms with Crippen molar-refractivity contribution in [2.24, 2.45) is 0 Å². The third-order valence-electron chi connectivity index (χ3n) is 4.72. The normalized spacial score (nSPS) is 19.1. The van der Waals surface area contributed by atoms with Crippen LogP contribution in [0.5, 0.6) is 0 Å². The van der Waals surface area contributed by atoms with E-state index in [-0.39, 0.29) is 11.1 Å². The van der Waals surface area contributed by atoms with Crippen LogP contribution in [-0.2, 0) is 26.2 Å². The summed E-state index contributed by atoms with van der Waals surface area (Å²) in [5.41, 5.74) is 2.08. The summed E-state index contributed by atoms with van der Waals surface area (Å²) in [4.78, 5) is 26.3. The van der Waals surface area contributed by atoms with Crippen LogP contribution in [0.1, 0.15) is 43.9 Å². The summed E-state index contributed by atoms with van der Waals surface area (Å²) >= 11 is 1.31. The van der Waals surface area contributed by atoms with Crippen LogP contribution in [0.3, 0.4) is 0 Å². The van der Waals surface area contributed by atoms with Gasteiger partial charge in [-0.15, -0.1) is 0 Å². The molecule has 2 aromatic rings. The van der Waals surface area contributed by atoms with Crippen molar-refractivity contribution in [2.45, 2.75) is 56.4 Å². The number of fused-ring (bicyclic) bond motifs is 1. The molecule has 0 aromatic heterocycles. The Morgan fingerprint density at radius 1 is 1.14 bits per heavy atom. The molecule has 0 saturated heterocycles. The second kappa shape index (κ2) is 7.96. The molecule has 0 fully saturated rings. The molecular formula is C24H26O3S. The summed E-state index contributed by atoms with van der Waals surface area (Å²) in [7, 11) is 0. The first-order chi connectivity index (χ1) is 13.2. The molecule has 1 aliphatic heterocycles. The van der Waals surface area contributed by atoms with Gasteiger partial charge in [-0.3, -0.25) is 4.79 Å². The number of esters is 1. The molecule has 0 radical (unpaired) electrons. The molecule has 1 aliphatic rings. The summed E-state index contributed by atoms with van der Waals surface area (Å²) in [6.07, 6.45) is 4.30. The fraction of sp³-hybridized carbons (Fsp3) is 0.333. The van der Waals surface area contributed by atoms with Gasteiger partial charge in [0.25, 0.3) is 0 Å². The molecule has 1 atom stereocenters. The molecule has 3 nitrogen and oxygen atoms in total. The molecular weight excluding hydrogens is 368 g/mol. The van der Waals surface area contributed by atoms with E-state index in [2.05, 4.69) is 6.07 Å². The van der Waals surface area contributed by atoms with Crippen LogP contribution < -0.4 is 0 Å². The molecule has 28 heavy (non-hydrogen) atoms. The summed E-state index contributed by atoms with van der Waals surface area (Å²) in [5.74, 6) is -0.384. The van der Waals surface area contributed by atoms with Gasteiger partial charge in [0.15, 0.2) is 0 Å². The van der Waals surface area contributed by atoms with Crippen LogP contribution in [0.4, 0.5) is 0 Å². The average Bonchev–Trinajstić information content (AvgIpc) is 2.86. The van der Waals surface area contributed by atoms with Crippen LogP contribution in [-0.4, -0.2) is 16.7 Å². The Balaban J connectivity index is 1.94. The standard InChI is InChI=1S/C24H26O3S/c1-17-12-13-20-19(15-17)24(22(26)28-20,16-18-9-6-5-7-10-18)14-8-11-21(25)27-23(2,3)4/h5-13,15H,14,16H2,1-4H3/b11-8+/t24-/m0/s1. The average molecular weight is 395 g/mol. The number of thioether (sulfide) groups is 1. The first kappa shape index (κ1) is 20.4. The Hall–Kier alpha value is -2.33. The van der Waals surface area contributed by atoms with Crippen molar-refractivity contribution >= 4 is 22.8 Å². The van der Waals surface area contributed by atoms with E-state index in [0.29, 0.717) is 12.8 Å². The molecule has 0 N–H and O–H groups in total. The van der Waals surface area contributed by atoms with Crippen LogP contribution in [0.2, 0.25) is 0 Å². The predicted octanol–water partition coefficient (Wildman–Crippen LogP) is 5.40. The highest BCUT2D eigenvalue weighted by atomic mass is 32.2. The first-order valence-electron chi connectivity index (χ1n) is 9.46. The zero-order chi connectivity index (χ0) is 20.4. The SMILES string of the molecule is Cc1ccc2c(c1)[C@](C/C=C/C(=O)OC(C)(C)C)(Cc1ccccc1)C(=O)S2. The molecule has 0 saturated carbocycles. The second-order valence-corrected chi connectivity index (χ2v) is 9.29.